The topological polar surface area (TPSA) is 67.8 Å². The number of carbonyl (C=O) groups is 1. The molecule has 2 unspecified atom stereocenters. The van der Waals surface area contributed by atoms with Crippen LogP contribution in [-0.4, -0.2) is 61.9 Å². The molecule has 2 amide bonds. The number of aliphatic hydroxyl groups excluding tert-OH is 1. The molecular weight excluding hydrogens is 311 g/mol. The van der Waals surface area contributed by atoms with Gasteiger partial charge in [-0.2, -0.15) is 0 Å². The summed E-state index contributed by atoms with van der Waals surface area (Å²) in [6, 6.07) is 3.66. The molecule has 134 valence electrons. The molecule has 3 N–H and O–H groups in total. The lowest BCUT2D eigenvalue weighted by molar-refractivity contribution is 0.218. The Hall–Kier alpha value is -1.86. The molecule has 24 heavy (non-hydrogen) atoms. The Bertz CT molecular complexity index is 562. The first-order chi connectivity index (χ1) is 11.4. The molecule has 0 spiro atoms. The van der Waals surface area contributed by atoms with Crippen LogP contribution in [0.3, 0.4) is 0 Å². The number of carbonyl (C=O) groups excluding carboxylic acids is 1. The molecule has 2 rings (SSSR count). The number of nitrogens with one attached hydrogen (secondary N) is 2. The lowest BCUT2D eigenvalue weighted by atomic mass is 10.0. The van der Waals surface area contributed by atoms with E-state index in [1.165, 1.54) is 12.1 Å². The van der Waals surface area contributed by atoms with Gasteiger partial charge in [-0.25, -0.2) is 9.18 Å². The number of nitrogens with zero attached hydrogens (tertiary/aromatic N) is 2. The van der Waals surface area contributed by atoms with Crippen molar-refractivity contribution in [2.75, 3.05) is 44.7 Å². The number of urea groups is 1. The van der Waals surface area contributed by atoms with Gasteiger partial charge in [0.1, 0.15) is 5.82 Å². The molecule has 1 fully saturated rings. The van der Waals surface area contributed by atoms with Gasteiger partial charge in [0.2, 0.25) is 0 Å². The van der Waals surface area contributed by atoms with Crippen LogP contribution in [0.5, 0.6) is 0 Å². The zero-order valence-corrected chi connectivity index (χ0v) is 14.6. The third-order valence-corrected chi connectivity index (χ3v) is 4.30. The van der Waals surface area contributed by atoms with Gasteiger partial charge in [0.05, 0.1) is 18.7 Å². The SMILES string of the molecule is CC(CO)NC(=O)NC(C)c1cc(F)ccc1N1CCN(C)CC1. The molecule has 7 heteroatoms. The maximum absolute atomic E-state index is 13.8. The second kappa shape index (κ2) is 8.30. The molecule has 1 saturated heterocycles. The van der Waals surface area contributed by atoms with E-state index in [9.17, 15) is 9.18 Å². The number of halogens is 1. The van der Waals surface area contributed by atoms with E-state index in [0.717, 1.165) is 37.4 Å². The van der Waals surface area contributed by atoms with Crippen LogP contribution in [0.15, 0.2) is 18.2 Å². The van der Waals surface area contributed by atoms with Gasteiger partial charge in [-0.1, -0.05) is 0 Å². The van der Waals surface area contributed by atoms with Gasteiger partial charge in [-0.05, 0) is 39.1 Å². The van der Waals surface area contributed by atoms with Crippen molar-refractivity contribution in [3.8, 4) is 0 Å². The third kappa shape index (κ3) is 4.82. The minimum atomic E-state index is -0.377. The summed E-state index contributed by atoms with van der Waals surface area (Å²) in [5.41, 5.74) is 1.71. The van der Waals surface area contributed by atoms with Crippen molar-refractivity contribution in [3.05, 3.63) is 29.6 Å². The number of hydrogen-bond donors (Lipinski definition) is 3. The van der Waals surface area contributed by atoms with Crippen molar-refractivity contribution in [2.45, 2.75) is 25.9 Å². The molecule has 1 aliphatic rings. The summed E-state index contributed by atoms with van der Waals surface area (Å²) in [4.78, 5) is 16.4. The summed E-state index contributed by atoms with van der Waals surface area (Å²) >= 11 is 0. The molecular formula is C17H27FN4O2. The van der Waals surface area contributed by atoms with E-state index >= 15 is 0 Å². The number of likely N-dealkylation sites (N-methyl/N-ethyl adjacent to an activating group) is 1. The molecule has 1 aromatic carbocycles. The average Bonchev–Trinajstić information content (AvgIpc) is 2.55. The quantitative estimate of drug-likeness (QED) is 0.757. The average molecular weight is 338 g/mol. The first-order valence-corrected chi connectivity index (χ1v) is 8.31. The molecule has 0 aromatic heterocycles. The summed E-state index contributed by atoms with van der Waals surface area (Å²) in [5.74, 6) is -0.319. The van der Waals surface area contributed by atoms with Crippen molar-refractivity contribution < 1.29 is 14.3 Å². The van der Waals surface area contributed by atoms with Crippen LogP contribution in [0.4, 0.5) is 14.9 Å². The molecule has 2 atom stereocenters. The molecule has 0 saturated carbocycles. The fraction of sp³-hybridized carbons (Fsp3) is 0.588. The molecule has 0 radical (unpaired) electrons. The highest BCUT2D eigenvalue weighted by Crippen LogP contribution is 2.28. The first-order valence-electron chi connectivity index (χ1n) is 8.31. The largest absolute Gasteiger partial charge is 0.394 e. The van der Waals surface area contributed by atoms with E-state index in [0.29, 0.717) is 0 Å². The number of piperazine rings is 1. The van der Waals surface area contributed by atoms with Crippen LogP contribution in [0, 0.1) is 5.82 Å². The lowest BCUT2D eigenvalue weighted by Crippen LogP contribution is -2.46. The van der Waals surface area contributed by atoms with Gasteiger partial charge in [0.25, 0.3) is 0 Å². The van der Waals surface area contributed by atoms with Crippen LogP contribution < -0.4 is 15.5 Å². The zero-order valence-electron chi connectivity index (χ0n) is 14.6. The highest BCUT2D eigenvalue weighted by atomic mass is 19.1. The summed E-state index contributed by atoms with van der Waals surface area (Å²) in [6.45, 7) is 7.05. The number of benzene rings is 1. The summed E-state index contributed by atoms with van der Waals surface area (Å²) in [7, 11) is 2.08. The number of amides is 2. The number of anilines is 1. The van der Waals surface area contributed by atoms with Crippen LogP contribution in [0.2, 0.25) is 0 Å². The second-order valence-electron chi connectivity index (χ2n) is 6.42. The smallest absolute Gasteiger partial charge is 0.315 e. The van der Waals surface area contributed by atoms with Gasteiger partial charge < -0.3 is 25.5 Å². The van der Waals surface area contributed by atoms with Crippen molar-refractivity contribution >= 4 is 11.7 Å². The van der Waals surface area contributed by atoms with E-state index in [1.54, 1.807) is 13.0 Å². The van der Waals surface area contributed by atoms with Crippen LogP contribution in [0.25, 0.3) is 0 Å². The maximum Gasteiger partial charge on any atom is 0.315 e. The van der Waals surface area contributed by atoms with E-state index in [-0.39, 0.29) is 30.5 Å². The van der Waals surface area contributed by atoms with Crippen molar-refractivity contribution in [1.29, 1.82) is 0 Å². The maximum atomic E-state index is 13.8. The normalized spacial score (nSPS) is 18.1. The number of rotatable bonds is 5. The minimum Gasteiger partial charge on any atom is -0.394 e. The van der Waals surface area contributed by atoms with E-state index in [2.05, 4.69) is 27.5 Å². The standard InChI is InChI=1S/C17H27FN4O2/c1-12(11-23)19-17(24)20-13(2)15-10-14(18)4-5-16(15)22-8-6-21(3)7-9-22/h4-5,10,12-13,23H,6-9,11H2,1-3H3,(H2,19,20,24). The fourth-order valence-electron chi connectivity index (χ4n) is 2.79. The van der Waals surface area contributed by atoms with Gasteiger partial charge in [-0.15, -0.1) is 0 Å². The third-order valence-electron chi connectivity index (χ3n) is 4.30. The van der Waals surface area contributed by atoms with E-state index in [4.69, 9.17) is 5.11 Å². The summed E-state index contributed by atoms with van der Waals surface area (Å²) < 4.78 is 13.8. The first kappa shape index (κ1) is 18.5. The molecule has 0 aliphatic carbocycles. The Morgan fingerprint density at radius 1 is 1.25 bits per heavy atom. The monoisotopic (exact) mass is 338 g/mol. The predicted octanol–water partition coefficient (Wildman–Crippen LogP) is 1.32. The zero-order chi connectivity index (χ0) is 17.7. The van der Waals surface area contributed by atoms with Gasteiger partial charge in [-0.3, -0.25) is 0 Å². The number of hydrogen-bond acceptors (Lipinski definition) is 4. The van der Waals surface area contributed by atoms with Crippen LogP contribution >= 0.6 is 0 Å². The lowest BCUT2D eigenvalue weighted by Gasteiger charge is -2.36. The van der Waals surface area contributed by atoms with Crippen molar-refractivity contribution in [1.82, 2.24) is 15.5 Å². The van der Waals surface area contributed by atoms with Crippen molar-refractivity contribution in [2.24, 2.45) is 0 Å². The van der Waals surface area contributed by atoms with Crippen molar-refractivity contribution in [3.63, 3.8) is 0 Å². The highest BCUT2D eigenvalue weighted by molar-refractivity contribution is 5.75. The van der Waals surface area contributed by atoms with Crippen LogP contribution in [-0.2, 0) is 0 Å². The predicted molar refractivity (Wildman–Crippen MR) is 92.7 cm³/mol. The molecule has 1 aliphatic heterocycles. The van der Waals surface area contributed by atoms with Gasteiger partial charge in [0.15, 0.2) is 0 Å². The molecule has 1 aromatic rings. The Labute approximate surface area is 142 Å². The summed E-state index contributed by atoms with van der Waals surface area (Å²) in [6.07, 6.45) is 0. The summed E-state index contributed by atoms with van der Waals surface area (Å²) in [5, 5.41) is 14.5. The Balaban J connectivity index is 2.13. The van der Waals surface area contributed by atoms with E-state index < -0.39 is 0 Å². The number of aliphatic hydroxyl groups is 1. The Morgan fingerprint density at radius 3 is 2.54 bits per heavy atom. The Kier molecular flexibility index (Phi) is 6.39. The van der Waals surface area contributed by atoms with Gasteiger partial charge in [0, 0.05) is 37.4 Å². The molecule has 0 bridgehead atoms. The highest BCUT2D eigenvalue weighted by Gasteiger charge is 2.21. The fourth-order valence-corrected chi connectivity index (χ4v) is 2.79. The molecule has 1 heterocycles. The molecule has 6 nitrogen and oxygen atoms in total. The van der Waals surface area contributed by atoms with Gasteiger partial charge >= 0.3 is 6.03 Å². The van der Waals surface area contributed by atoms with E-state index in [1.807, 2.05) is 6.92 Å². The second-order valence-corrected chi connectivity index (χ2v) is 6.42. The Morgan fingerprint density at radius 2 is 1.92 bits per heavy atom. The minimum absolute atomic E-state index is 0.131. The van der Waals surface area contributed by atoms with Crippen LogP contribution in [0.1, 0.15) is 25.5 Å².